The molecule has 0 heterocycles. The molecule has 0 amide bonds. The van der Waals surface area contributed by atoms with Crippen molar-refractivity contribution in [3.8, 4) is 12.1 Å². The molecule has 0 saturated heterocycles. The van der Waals surface area contributed by atoms with Gasteiger partial charge in [-0.05, 0) is 70.2 Å². The van der Waals surface area contributed by atoms with Crippen molar-refractivity contribution in [2.75, 3.05) is 0 Å². The van der Waals surface area contributed by atoms with Crippen LogP contribution in [-0.4, -0.2) is 0 Å². The van der Waals surface area contributed by atoms with E-state index in [-0.39, 0.29) is 11.8 Å². The number of nitriles is 2. The van der Waals surface area contributed by atoms with Crippen LogP contribution >= 0.6 is 0 Å². The number of rotatable bonds is 4. The molecule has 4 aromatic rings. The van der Waals surface area contributed by atoms with Gasteiger partial charge in [0.15, 0.2) is 0 Å². The summed E-state index contributed by atoms with van der Waals surface area (Å²) in [4.78, 5) is 0. The van der Waals surface area contributed by atoms with Gasteiger partial charge in [0.05, 0.1) is 23.3 Å². The Balaban J connectivity index is 1.66. The Morgan fingerprint density at radius 2 is 0.656 bits per heavy atom. The Bertz CT molecular complexity index is 1170. The monoisotopic (exact) mass is 410 g/mol. The zero-order chi connectivity index (χ0) is 21.9. The Labute approximate surface area is 189 Å². The number of nitrogens with zero attached hydrogens (tertiary/aromatic N) is 2. The fraction of sp³-hybridized carbons (Fsp3) is 0.133. The molecule has 1 fully saturated rings. The molecular formula is C30H22N2. The molecule has 0 aliphatic heterocycles. The van der Waals surface area contributed by atoms with E-state index in [1.54, 1.807) is 0 Å². The van der Waals surface area contributed by atoms with E-state index in [2.05, 4.69) is 97.1 Å². The van der Waals surface area contributed by atoms with E-state index in [0.29, 0.717) is 23.0 Å². The SMILES string of the molecule is N#Cc1ccc([C@@H]2[C@@H](c3ccccc3)[C@@H](c3ccccc3)[C@@H]2c2ccc(C#N)cc2)cc1. The summed E-state index contributed by atoms with van der Waals surface area (Å²) in [7, 11) is 0. The van der Waals surface area contributed by atoms with Crippen molar-refractivity contribution in [2.24, 2.45) is 0 Å². The molecular weight excluding hydrogens is 388 g/mol. The first-order valence-electron chi connectivity index (χ1n) is 10.9. The molecule has 1 saturated carbocycles. The number of hydrogen-bond donors (Lipinski definition) is 0. The second-order valence-electron chi connectivity index (χ2n) is 8.39. The van der Waals surface area contributed by atoms with Crippen molar-refractivity contribution >= 4 is 0 Å². The predicted molar refractivity (Wildman–Crippen MR) is 126 cm³/mol. The average molecular weight is 411 g/mol. The van der Waals surface area contributed by atoms with Crippen molar-refractivity contribution < 1.29 is 0 Å². The van der Waals surface area contributed by atoms with E-state index < -0.39 is 0 Å². The Kier molecular flexibility index (Phi) is 5.29. The topological polar surface area (TPSA) is 47.6 Å². The summed E-state index contributed by atoms with van der Waals surface area (Å²) in [5.74, 6) is 1.21. The van der Waals surface area contributed by atoms with E-state index in [1.165, 1.54) is 22.3 Å². The van der Waals surface area contributed by atoms with Crippen LogP contribution < -0.4 is 0 Å². The lowest BCUT2D eigenvalue weighted by Crippen LogP contribution is -2.40. The molecule has 0 N–H and O–H groups in total. The maximum atomic E-state index is 9.26. The smallest absolute Gasteiger partial charge is 0.0991 e. The van der Waals surface area contributed by atoms with E-state index >= 15 is 0 Å². The van der Waals surface area contributed by atoms with E-state index in [1.807, 2.05) is 24.3 Å². The zero-order valence-electron chi connectivity index (χ0n) is 17.6. The highest BCUT2D eigenvalue weighted by Gasteiger charge is 2.52. The van der Waals surface area contributed by atoms with Crippen molar-refractivity contribution in [1.29, 1.82) is 10.5 Å². The van der Waals surface area contributed by atoms with Gasteiger partial charge in [-0.3, -0.25) is 0 Å². The molecule has 1 aliphatic carbocycles. The Morgan fingerprint density at radius 3 is 0.938 bits per heavy atom. The minimum Gasteiger partial charge on any atom is -0.192 e. The molecule has 4 atom stereocenters. The normalized spacial score (nSPS) is 21.7. The lowest BCUT2D eigenvalue weighted by atomic mass is 9.49. The van der Waals surface area contributed by atoms with Crippen LogP contribution in [0.3, 0.4) is 0 Å². The summed E-state index contributed by atoms with van der Waals surface area (Å²) in [5, 5.41) is 18.5. The number of hydrogen-bond acceptors (Lipinski definition) is 2. The Morgan fingerprint density at radius 1 is 0.375 bits per heavy atom. The maximum absolute atomic E-state index is 9.26. The van der Waals surface area contributed by atoms with E-state index in [9.17, 15) is 10.5 Å². The van der Waals surface area contributed by atoms with Crippen molar-refractivity contribution in [3.63, 3.8) is 0 Å². The van der Waals surface area contributed by atoms with Crippen LogP contribution in [0.4, 0.5) is 0 Å². The van der Waals surface area contributed by atoms with Crippen molar-refractivity contribution in [1.82, 2.24) is 0 Å². The molecule has 0 bridgehead atoms. The first-order chi connectivity index (χ1) is 15.8. The molecule has 0 unspecified atom stereocenters. The van der Waals surface area contributed by atoms with Crippen LogP contribution in [0, 0.1) is 22.7 Å². The molecule has 0 radical (unpaired) electrons. The van der Waals surface area contributed by atoms with Gasteiger partial charge < -0.3 is 0 Å². The largest absolute Gasteiger partial charge is 0.192 e. The van der Waals surface area contributed by atoms with Crippen LogP contribution in [0.1, 0.15) is 57.1 Å². The van der Waals surface area contributed by atoms with Gasteiger partial charge in [0, 0.05) is 0 Å². The molecule has 152 valence electrons. The van der Waals surface area contributed by atoms with Crippen LogP contribution in [-0.2, 0) is 0 Å². The minimum atomic E-state index is 0.281. The van der Waals surface area contributed by atoms with Crippen molar-refractivity contribution in [3.05, 3.63) is 143 Å². The van der Waals surface area contributed by atoms with Gasteiger partial charge >= 0.3 is 0 Å². The first-order valence-corrected chi connectivity index (χ1v) is 10.9. The molecule has 2 heteroatoms. The lowest BCUT2D eigenvalue weighted by Gasteiger charge is -2.54. The first kappa shape index (κ1) is 19.8. The average Bonchev–Trinajstić information content (AvgIpc) is 2.86. The van der Waals surface area contributed by atoms with Crippen LogP contribution in [0.15, 0.2) is 109 Å². The van der Waals surface area contributed by atoms with Crippen LogP contribution in [0.5, 0.6) is 0 Å². The summed E-state index contributed by atoms with van der Waals surface area (Å²) in [5.41, 5.74) is 6.53. The molecule has 4 aromatic carbocycles. The summed E-state index contributed by atoms with van der Waals surface area (Å²) >= 11 is 0. The van der Waals surface area contributed by atoms with Gasteiger partial charge in [0.2, 0.25) is 0 Å². The van der Waals surface area contributed by atoms with Gasteiger partial charge in [-0.15, -0.1) is 0 Å². The highest BCUT2D eigenvalue weighted by molar-refractivity contribution is 5.49. The molecule has 1 aliphatic rings. The van der Waals surface area contributed by atoms with Gasteiger partial charge in [-0.25, -0.2) is 0 Å². The van der Waals surface area contributed by atoms with E-state index in [0.717, 1.165) is 0 Å². The summed E-state index contributed by atoms with van der Waals surface area (Å²) in [6.45, 7) is 0. The van der Waals surface area contributed by atoms with Gasteiger partial charge in [0.1, 0.15) is 0 Å². The zero-order valence-corrected chi connectivity index (χ0v) is 17.6. The third-order valence-electron chi connectivity index (χ3n) is 6.77. The van der Waals surface area contributed by atoms with Gasteiger partial charge in [-0.2, -0.15) is 10.5 Å². The minimum absolute atomic E-state index is 0.281. The van der Waals surface area contributed by atoms with E-state index in [4.69, 9.17) is 0 Å². The Hall–Kier alpha value is -4.14. The molecule has 32 heavy (non-hydrogen) atoms. The predicted octanol–water partition coefficient (Wildman–Crippen LogP) is 6.88. The van der Waals surface area contributed by atoms with Crippen LogP contribution in [0.2, 0.25) is 0 Å². The molecule has 2 nitrogen and oxygen atoms in total. The fourth-order valence-electron chi connectivity index (χ4n) is 5.32. The fourth-order valence-corrected chi connectivity index (χ4v) is 5.32. The standard InChI is InChI=1S/C30H22N2/c31-19-21-11-15-25(16-12-21)29-27(23-7-3-1-4-8-23)28(24-9-5-2-6-10-24)30(29)26-17-13-22(20-32)14-18-26/h1-18,27-30H/t27-,28+,29+,30-. The van der Waals surface area contributed by atoms with Gasteiger partial charge in [-0.1, -0.05) is 84.9 Å². The molecule has 0 aromatic heterocycles. The maximum Gasteiger partial charge on any atom is 0.0991 e. The third kappa shape index (κ3) is 3.47. The summed E-state index contributed by atoms with van der Waals surface area (Å²) in [6.07, 6.45) is 0. The number of benzene rings is 4. The quantitative estimate of drug-likeness (QED) is 0.368. The highest BCUT2D eigenvalue weighted by atomic mass is 14.5. The van der Waals surface area contributed by atoms with Crippen LogP contribution in [0.25, 0.3) is 0 Å². The van der Waals surface area contributed by atoms with Gasteiger partial charge in [0.25, 0.3) is 0 Å². The van der Waals surface area contributed by atoms with Crippen molar-refractivity contribution in [2.45, 2.75) is 23.7 Å². The molecule has 0 spiro atoms. The third-order valence-corrected chi connectivity index (χ3v) is 6.77. The highest BCUT2D eigenvalue weighted by Crippen LogP contribution is 2.66. The lowest BCUT2D eigenvalue weighted by molar-refractivity contribution is 0.229. The second-order valence-corrected chi connectivity index (χ2v) is 8.39. The molecule has 5 rings (SSSR count). The summed E-state index contributed by atoms with van der Waals surface area (Å²) < 4.78 is 0. The summed E-state index contributed by atoms with van der Waals surface area (Å²) in [6, 6.07) is 42.1. The second kappa shape index (κ2) is 8.54.